The van der Waals surface area contributed by atoms with E-state index in [-0.39, 0.29) is 63.2 Å². The first-order valence-electron chi connectivity index (χ1n) is 33.8. The fraction of sp³-hybridized carbons (Fsp3) is 0.440. The Labute approximate surface area is 588 Å². The van der Waals surface area contributed by atoms with E-state index in [4.69, 9.17) is 64.2 Å². The van der Waals surface area contributed by atoms with Gasteiger partial charge >= 0.3 is 25.0 Å². The van der Waals surface area contributed by atoms with E-state index in [1.165, 1.54) is 60.2 Å². The van der Waals surface area contributed by atoms with Gasteiger partial charge in [0.05, 0.1) is 16.7 Å². The molecule has 6 heterocycles. The summed E-state index contributed by atoms with van der Waals surface area (Å²) in [6.45, 7) is 7.28. The molecule has 17 nitrogen and oxygen atoms in total. The number of carbonyl (C=O) groups excluding carboxylic acids is 3. The van der Waals surface area contributed by atoms with Crippen molar-refractivity contribution in [2.45, 2.75) is 132 Å². The number of carboxylic acids is 3. The maximum absolute atomic E-state index is 12.6. The van der Waals surface area contributed by atoms with Crippen LogP contribution in [0.15, 0.2) is 132 Å². The minimum absolute atomic E-state index is 0.0124. The van der Waals surface area contributed by atoms with Crippen LogP contribution in [-0.4, -0.2) is 160 Å². The molecule has 3 aliphatic carbocycles. The lowest BCUT2D eigenvalue weighted by molar-refractivity contribution is -0.143. The first-order chi connectivity index (χ1) is 46.6. The highest BCUT2D eigenvalue weighted by molar-refractivity contribution is 9.10. The lowest BCUT2D eigenvalue weighted by Gasteiger charge is -2.34. The van der Waals surface area contributed by atoms with Crippen LogP contribution in [-0.2, 0) is 28.6 Å². The Balaban J connectivity index is 0.000000129. The molecule has 22 heteroatoms. The summed E-state index contributed by atoms with van der Waals surface area (Å²) >= 11 is 21.7. The normalized spacial score (nSPS) is 23.6. The van der Waals surface area contributed by atoms with Crippen LogP contribution in [0.4, 0.5) is 0 Å². The number of amides is 3. The average molecular weight is 1440 g/mol. The van der Waals surface area contributed by atoms with Gasteiger partial charge in [0.15, 0.2) is 0 Å². The first-order valence-corrected chi connectivity index (χ1v) is 35.7. The Kier molecular flexibility index (Phi) is 21.8. The minimum Gasteiger partial charge on any atom is -0.478 e. The number of likely N-dealkylation sites (tertiary alicyclic amines) is 3. The van der Waals surface area contributed by atoms with Crippen molar-refractivity contribution < 1.29 is 68.3 Å². The van der Waals surface area contributed by atoms with E-state index < -0.39 is 25.0 Å². The Morgan fingerprint density at radius 1 is 0.423 bits per heavy atom. The highest BCUT2D eigenvalue weighted by Gasteiger charge is 2.58. The first kappa shape index (κ1) is 70.2. The summed E-state index contributed by atoms with van der Waals surface area (Å²) in [5.74, 6) is -0.724. The molecule has 5 N–H and O–H groups in total. The van der Waals surface area contributed by atoms with Gasteiger partial charge in [0.25, 0.3) is 17.7 Å². The number of aromatic carboxylic acids is 3. The van der Waals surface area contributed by atoms with Gasteiger partial charge in [-0.1, -0.05) is 111 Å². The Bertz CT molecular complexity index is 3710. The van der Waals surface area contributed by atoms with E-state index >= 15 is 0 Å². The molecule has 15 rings (SSSR count). The molecule has 6 saturated heterocycles. The topological polar surface area (TPSA) is 241 Å². The number of piperidine rings is 3. The maximum atomic E-state index is 12.6. The van der Waals surface area contributed by atoms with Crippen molar-refractivity contribution in [1.82, 2.24) is 14.7 Å². The third-order valence-electron chi connectivity index (χ3n) is 21.9. The van der Waals surface area contributed by atoms with Crippen molar-refractivity contribution >= 4 is 98.9 Å². The van der Waals surface area contributed by atoms with Gasteiger partial charge in [-0.05, 0) is 225 Å². The number of halogens is 4. The lowest BCUT2D eigenvalue weighted by atomic mass is 9.79. The van der Waals surface area contributed by atoms with Crippen LogP contribution in [0, 0.1) is 16.2 Å². The van der Waals surface area contributed by atoms with Crippen molar-refractivity contribution in [3.8, 4) is 22.3 Å². The molecule has 1 unspecified atom stereocenters. The quantitative estimate of drug-likeness (QED) is 0.0716. The number of rotatable bonds is 12. The predicted molar refractivity (Wildman–Crippen MR) is 374 cm³/mol. The Morgan fingerprint density at radius 2 is 0.722 bits per heavy atom. The summed E-state index contributed by atoms with van der Waals surface area (Å²) in [6, 6.07) is 38.7. The lowest BCUT2D eigenvalue weighted by Crippen LogP contribution is -2.44. The van der Waals surface area contributed by atoms with E-state index in [0.29, 0.717) is 57.3 Å². The summed E-state index contributed by atoms with van der Waals surface area (Å²) in [5, 5.41) is 45.9. The molecule has 3 saturated carbocycles. The number of carbonyl (C=O) groups is 6. The van der Waals surface area contributed by atoms with Crippen molar-refractivity contribution in [2.75, 3.05) is 59.1 Å². The summed E-state index contributed by atoms with van der Waals surface area (Å²) in [7, 11) is -1.76. The molecule has 510 valence electrons. The summed E-state index contributed by atoms with van der Waals surface area (Å²) in [5.41, 5.74) is 8.90. The molecule has 0 aromatic heterocycles. The van der Waals surface area contributed by atoms with Gasteiger partial charge in [0, 0.05) is 95.2 Å². The average Bonchev–Trinajstić information content (AvgIpc) is 1.59. The molecule has 97 heavy (non-hydrogen) atoms. The van der Waals surface area contributed by atoms with E-state index in [2.05, 4.69) is 64.5 Å². The molecule has 6 aromatic rings. The fourth-order valence-electron chi connectivity index (χ4n) is 15.7. The highest BCUT2D eigenvalue weighted by Crippen LogP contribution is 2.67. The van der Waals surface area contributed by atoms with Gasteiger partial charge in [-0.15, -0.1) is 0 Å². The van der Waals surface area contributed by atoms with Gasteiger partial charge in [0.1, 0.15) is 18.3 Å². The number of ether oxygens (including phenoxy) is 3. The minimum atomic E-state index is -1.76. The molecule has 6 aliphatic heterocycles. The Hall–Kier alpha value is -6.65. The molecule has 9 fully saturated rings. The van der Waals surface area contributed by atoms with Crippen LogP contribution in [0.25, 0.3) is 22.3 Å². The number of nitrogens with zero attached hydrogens (tertiary/aromatic N) is 3. The van der Waals surface area contributed by atoms with Crippen molar-refractivity contribution in [1.29, 1.82) is 0 Å². The summed E-state index contributed by atoms with van der Waals surface area (Å²) in [6.07, 6.45) is 15.1. The van der Waals surface area contributed by atoms with Gasteiger partial charge in [-0.2, -0.15) is 0 Å². The summed E-state index contributed by atoms with van der Waals surface area (Å²) < 4.78 is 17.8. The van der Waals surface area contributed by atoms with Crippen LogP contribution in [0.1, 0.15) is 162 Å². The molecule has 0 radical (unpaired) electrons. The second-order valence-corrected chi connectivity index (χ2v) is 29.7. The van der Waals surface area contributed by atoms with Crippen molar-refractivity contribution in [2.24, 2.45) is 16.2 Å². The zero-order valence-electron chi connectivity index (χ0n) is 53.9. The molecule has 3 amide bonds. The van der Waals surface area contributed by atoms with Gasteiger partial charge in [-0.25, -0.2) is 14.4 Å². The van der Waals surface area contributed by atoms with Crippen LogP contribution in [0.3, 0.4) is 0 Å². The van der Waals surface area contributed by atoms with Crippen molar-refractivity contribution in [3.05, 3.63) is 180 Å². The van der Waals surface area contributed by atoms with E-state index in [1.807, 2.05) is 39.0 Å². The second-order valence-electron chi connectivity index (χ2n) is 27.5. The van der Waals surface area contributed by atoms with E-state index in [0.717, 1.165) is 156 Å². The van der Waals surface area contributed by atoms with Gasteiger partial charge in [-0.3, -0.25) is 14.4 Å². The number of carboxylic acid groups (broad SMARTS) is 3. The smallest absolute Gasteiger partial charge is 0.478 e. The van der Waals surface area contributed by atoms with Crippen LogP contribution in [0.2, 0.25) is 15.1 Å². The largest absolute Gasteiger partial charge is 0.489 e. The number of hydrogen-bond acceptors (Lipinski definition) is 11. The number of hydrogen-bond donors (Lipinski definition) is 5. The van der Waals surface area contributed by atoms with E-state index in [9.17, 15) is 39.0 Å². The molecule has 0 bridgehead atoms. The number of benzene rings is 6. The zero-order chi connectivity index (χ0) is 68.3. The maximum Gasteiger partial charge on any atom is 0.489 e. The third-order valence-corrected chi connectivity index (χ3v) is 23.4. The molecular formula is C75H80BBrCl3N3O14. The second kappa shape index (κ2) is 30.1. The third kappa shape index (κ3) is 16.0. The van der Waals surface area contributed by atoms with Gasteiger partial charge < -0.3 is 54.3 Å². The Morgan fingerprint density at radius 3 is 1.01 bits per heavy atom. The van der Waals surface area contributed by atoms with Crippen LogP contribution >= 0.6 is 50.7 Å². The molecule has 6 aromatic carbocycles. The fourth-order valence-corrected chi connectivity index (χ4v) is 16.6. The molecular weight excluding hydrogens is 1360 g/mol. The van der Waals surface area contributed by atoms with E-state index in [1.54, 1.807) is 24.3 Å². The van der Waals surface area contributed by atoms with Gasteiger partial charge in [0.2, 0.25) is 0 Å². The predicted octanol–water partition coefficient (Wildman–Crippen LogP) is 13.4. The van der Waals surface area contributed by atoms with Crippen molar-refractivity contribution in [3.63, 3.8) is 0 Å². The monoisotopic (exact) mass is 1440 g/mol. The standard InChI is InChI=1S/2C25H26ClNO4.C18H22BrNO2.C7H6BClO4/c2*26-21-8-7-18(24(29)30)14-19(21)16-3-5-17(6-4-16)20-15-25(20)9-11-27(12-10-25)23(28)22-2-1-13-31-22;19-14-5-3-13(4-6-14)15-12-18(15)7-9-20(10-8-18)17(21)16-2-1-11-22-16;9-6-2-1-4(7(10)11)3-5(6)8(12)13/h2*3-8,14,20,22H,1-2,9-13,15H2,(H,29,30);3-6,15-16H,1-2,7-12H2;1-3,12-13H,(H,10,11)/t20-,22+;20-,22-;15?,16-;/m011./s1. The SMILES string of the molecule is O=C(O)c1ccc(Cl)c(-c2ccc([C@@H]3CC34CCN(C(=O)[C@H]3CCCO3)CC4)cc2)c1.O=C(O)c1ccc(Cl)c(-c2ccc([C@H]3CC34CCN(C(=O)[C@H]3CCCO3)CC4)cc2)c1.O=C(O)c1ccc(Cl)c(B(O)O)c1.O=C([C@H]1CCCO1)N1CCC2(CC1)CC2c1ccc(Br)cc1. The van der Waals surface area contributed by atoms with Crippen LogP contribution in [0.5, 0.6) is 0 Å². The highest BCUT2D eigenvalue weighted by atomic mass is 79.9. The molecule has 6 atom stereocenters. The zero-order valence-corrected chi connectivity index (χ0v) is 57.8. The van der Waals surface area contributed by atoms with Crippen LogP contribution < -0.4 is 5.46 Å². The molecule has 3 spiro atoms. The molecule has 9 aliphatic rings. The summed E-state index contributed by atoms with van der Waals surface area (Å²) in [4.78, 5) is 76.7.